The fraction of sp³-hybridized carbons (Fsp3) is 0.200. The van der Waals surface area contributed by atoms with Gasteiger partial charge in [0.25, 0.3) is 0 Å². The van der Waals surface area contributed by atoms with Gasteiger partial charge in [-0.05, 0) is 0 Å². The molecule has 0 saturated heterocycles. The molecule has 5 nitrogen and oxygen atoms in total. The lowest BCUT2D eigenvalue weighted by molar-refractivity contribution is -0.126. The van der Waals surface area contributed by atoms with Crippen LogP contribution in [0.15, 0.2) is 11.6 Å². The molecule has 1 rings (SSSR count). The number of nitrogens with zero attached hydrogens (tertiary/aromatic N) is 1. The highest BCUT2D eigenvalue weighted by Gasteiger charge is 1.76. The molecule has 1 heterocycles. The summed E-state index contributed by atoms with van der Waals surface area (Å²) in [6.45, 7) is 1.22. The molecule has 4 N–H and O–H groups in total. The number of aromatic nitrogens is 1. The molecule has 1 aromatic heterocycles. The van der Waals surface area contributed by atoms with Gasteiger partial charge >= 0.3 is 0 Å². The number of rotatable bonds is 0. The van der Waals surface area contributed by atoms with E-state index in [0.717, 1.165) is 0 Å². The summed E-state index contributed by atoms with van der Waals surface area (Å²) in [7, 11) is 0. The third-order valence-electron chi connectivity index (χ3n) is 0.609. The summed E-state index contributed by atoms with van der Waals surface area (Å²) in [5, 5.41) is 10.0. The summed E-state index contributed by atoms with van der Waals surface area (Å²) in [6, 6.07) is 0. The topological polar surface area (TPSA) is 88.2 Å². The van der Waals surface area contributed by atoms with Gasteiger partial charge < -0.3 is 5.73 Å². The fourth-order valence-electron chi connectivity index (χ4n) is 0.234. The van der Waals surface area contributed by atoms with Crippen LogP contribution >= 0.6 is 11.3 Å². The molecule has 0 aliphatic rings. The van der Waals surface area contributed by atoms with Crippen molar-refractivity contribution in [1.82, 2.24) is 10.5 Å². The second-order valence-corrected chi connectivity index (χ2v) is 2.46. The average Bonchev–Trinajstić information content (AvgIpc) is 2.41. The van der Waals surface area contributed by atoms with Crippen molar-refractivity contribution < 1.29 is 10.0 Å². The smallest absolute Gasteiger partial charge is 0.240 e. The summed E-state index contributed by atoms with van der Waals surface area (Å²) in [6.07, 6.45) is 1.68. The highest BCUT2D eigenvalue weighted by atomic mass is 32.1. The molecule has 62 valence electrons. The number of nitrogen functional groups attached to an aromatic ring is 1. The zero-order valence-electron chi connectivity index (χ0n) is 5.94. The van der Waals surface area contributed by atoms with Gasteiger partial charge in [0.05, 0.1) is 0 Å². The fourth-order valence-corrected chi connectivity index (χ4v) is 0.617. The zero-order chi connectivity index (χ0) is 8.69. The molecule has 11 heavy (non-hydrogen) atoms. The van der Waals surface area contributed by atoms with Crippen molar-refractivity contribution in [2.24, 2.45) is 0 Å². The van der Waals surface area contributed by atoms with Gasteiger partial charge in [-0.3, -0.25) is 10.0 Å². The summed E-state index contributed by atoms with van der Waals surface area (Å²) in [4.78, 5) is 13.2. The van der Waals surface area contributed by atoms with E-state index < -0.39 is 5.91 Å². The first kappa shape index (κ1) is 9.86. The van der Waals surface area contributed by atoms with Crippen LogP contribution in [0.2, 0.25) is 0 Å². The van der Waals surface area contributed by atoms with Gasteiger partial charge in [0.2, 0.25) is 5.91 Å². The Morgan fingerprint density at radius 3 is 2.55 bits per heavy atom. The van der Waals surface area contributed by atoms with Gasteiger partial charge in [-0.1, -0.05) is 0 Å². The quantitative estimate of drug-likeness (QED) is 0.389. The molecule has 0 aromatic carbocycles. The summed E-state index contributed by atoms with van der Waals surface area (Å²) in [5.41, 5.74) is 6.57. The number of anilines is 1. The van der Waals surface area contributed by atoms with Crippen molar-refractivity contribution in [3.63, 3.8) is 0 Å². The maximum Gasteiger partial charge on any atom is 0.240 e. The maximum absolute atomic E-state index is 9.45. The molecule has 0 fully saturated rings. The van der Waals surface area contributed by atoms with Crippen molar-refractivity contribution in [1.29, 1.82) is 0 Å². The molecule has 1 amide bonds. The van der Waals surface area contributed by atoms with Crippen molar-refractivity contribution in [2.45, 2.75) is 6.92 Å². The minimum absolute atomic E-state index is 0.440. The van der Waals surface area contributed by atoms with Crippen LogP contribution in [0.4, 0.5) is 5.13 Å². The molecule has 0 aliphatic carbocycles. The van der Waals surface area contributed by atoms with Crippen LogP contribution in [0, 0.1) is 0 Å². The Morgan fingerprint density at radius 1 is 1.91 bits per heavy atom. The summed E-state index contributed by atoms with van der Waals surface area (Å²) < 4.78 is 0. The number of nitrogens with one attached hydrogen (secondary N) is 1. The SMILES string of the molecule is CC(=O)NO.Nc1nccs1. The van der Waals surface area contributed by atoms with E-state index in [4.69, 9.17) is 10.9 Å². The zero-order valence-corrected chi connectivity index (χ0v) is 6.76. The number of carbonyl (C=O) groups is 1. The Bertz CT molecular complexity index is 200. The predicted octanol–water partition coefficient (Wildman–Crippen LogP) is 0.237. The van der Waals surface area contributed by atoms with E-state index in [1.54, 1.807) is 6.20 Å². The van der Waals surface area contributed by atoms with Crippen molar-refractivity contribution >= 4 is 22.4 Å². The molecular formula is C5H9N3O2S. The predicted molar refractivity (Wildman–Crippen MR) is 42.1 cm³/mol. The third-order valence-corrected chi connectivity index (χ3v) is 1.21. The molecule has 0 unspecified atom stereocenters. The number of hydrogen-bond donors (Lipinski definition) is 3. The molecular weight excluding hydrogens is 166 g/mol. The normalized spacial score (nSPS) is 7.82. The van der Waals surface area contributed by atoms with Crippen molar-refractivity contribution in [3.8, 4) is 0 Å². The average molecular weight is 175 g/mol. The Hall–Kier alpha value is -1.14. The van der Waals surface area contributed by atoms with Gasteiger partial charge in [-0.25, -0.2) is 10.5 Å². The van der Waals surface area contributed by atoms with E-state index in [1.807, 2.05) is 5.38 Å². The molecule has 0 radical (unpaired) electrons. The number of thiazole rings is 1. The van der Waals surface area contributed by atoms with E-state index in [9.17, 15) is 4.79 Å². The molecule has 6 heteroatoms. The Labute approximate surface area is 67.8 Å². The van der Waals surface area contributed by atoms with Crippen LogP contribution in [0.5, 0.6) is 0 Å². The molecule has 0 aliphatic heterocycles. The molecule has 1 aromatic rings. The number of carbonyl (C=O) groups excluding carboxylic acids is 1. The first-order valence-corrected chi connectivity index (χ1v) is 3.60. The second kappa shape index (κ2) is 5.63. The first-order valence-electron chi connectivity index (χ1n) is 2.72. The van der Waals surface area contributed by atoms with Crippen molar-refractivity contribution in [2.75, 3.05) is 5.73 Å². The molecule has 0 atom stereocenters. The van der Waals surface area contributed by atoms with Gasteiger partial charge in [0.15, 0.2) is 5.13 Å². The number of nitrogens with two attached hydrogens (primary N) is 1. The third kappa shape index (κ3) is 6.75. The minimum Gasteiger partial charge on any atom is -0.375 e. The summed E-state index contributed by atoms with van der Waals surface area (Å²) in [5.74, 6) is -0.440. The highest BCUT2D eigenvalue weighted by molar-refractivity contribution is 7.13. The first-order chi connectivity index (χ1) is 5.16. The van der Waals surface area contributed by atoms with Gasteiger partial charge in [-0.2, -0.15) is 0 Å². The lowest BCUT2D eigenvalue weighted by atomic mass is 10.8. The van der Waals surface area contributed by atoms with E-state index in [1.165, 1.54) is 23.7 Å². The highest BCUT2D eigenvalue weighted by Crippen LogP contribution is 2.02. The standard InChI is InChI=1S/C3H4N2S.C2H5NO2/c4-3-5-1-2-6-3;1-2(4)3-5/h1-2H,(H2,4,5);5H,1H3,(H,3,4). The monoisotopic (exact) mass is 175 g/mol. The van der Waals surface area contributed by atoms with E-state index in [0.29, 0.717) is 5.13 Å². The van der Waals surface area contributed by atoms with Crippen molar-refractivity contribution in [3.05, 3.63) is 11.6 Å². The Balaban J connectivity index is 0.000000187. The van der Waals surface area contributed by atoms with Crippen LogP contribution in [0.3, 0.4) is 0 Å². The summed E-state index contributed by atoms with van der Waals surface area (Å²) >= 11 is 1.44. The number of amides is 1. The number of hydrogen-bond acceptors (Lipinski definition) is 5. The van der Waals surface area contributed by atoms with Crippen LogP contribution in [-0.2, 0) is 4.79 Å². The second-order valence-electron chi connectivity index (χ2n) is 1.54. The molecule has 0 saturated carbocycles. The van der Waals surface area contributed by atoms with Gasteiger partial charge in [0.1, 0.15) is 0 Å². The van der Waals surface area contributed by atoms with Crippen LogP contribution < -0.4 is 11.2 Å². The molecule has 0 bridgehead atoms. The van der Waals surface area contributed by atoms with Gasteiger partial charge in [0, 0.05) is 18.5 Å². The van der Waals surface area contributed by atoms with Gasteiger partial charge in [-0.15, -0.1) is 11.3 Å². The minimum atomic E-state index is -0.440. The Morgan fingerprint density at radius 2 is 2.45 bits per heavy atom. The van der Waals surface area contributed by atoms with Crippen LogP contribution in [-0.4, -0.2) is 16.1 Å². The maximum atomic E-state index is 9.45. The Kier molecular flexibility index (Phi) is 5.05. The molecule has 0 spiro atoms. The van der Waals surface area contributed by atoms with Crippen LogP contribution in [0.25, 0.3) is 0 Å². The van der Waals surface area contributed by atoms with E-state index in [2.05, 4.69) is 4.98 Å². The largest absolute Gasteiger partial charge is 0.375 e. The lowest BCUT2D eigenvalue weighted by Gasteiger charge is -1.78. The van der Waals surface area contributed by atoms with E-state index >= 15 is 0 Å². The van der Waals surface area contributed by atoms with E-state index in [-0.39, 0.29) is 0 Å². The number of hydroxylamine groups is 1. The lowest BCUT2D eigenvalue weighted by Crippen LogP contribution is -2.12. The van der Waals surface area contributed by atoms with Crippen LogP contribution in [0.1, 0.15) is 6.92 Å².